The molecule has 3 aliphatic rings. The molecule has 1 fully saturated rings. The first-order valence-electron chi connectivity index (χ1n) is 9.49. The highest BCUT2D eigenvalue weighted by Crippen LogP contribution is 2.37. The van der Waals surface area contributed by atoms with Crippen LogP contribution in [0, 0.1) is 0 Å². The summed E-state index contributed by atoms with van der Waals surface area (Å²) in [5, 5.41) is 14.3. The van der Waals surface area contributed by atoms with Gasteiger partial charge in [0.05, 0.1) is 39.2 Å². The normalized spacial score (nSPS) is 22.4. The minimum atomic E-state index is -3.59. The van der Waals surface area contributed by atoms with Gasteiger partial charge in [-0.25, -0.2) is 36.3 Å². The summed E-state index contributed by atoms with van der Waals surface area (Å²) in [7, 11) is -7.10. The lowest BCUT2D eigenvalue weighted by Crippen LogP contribution is -2.41. The molecule has 2 aromatic heterocycles. The molecule has 2 aromatic rings. The molecule has 0 atom stereocenters. The average Bonchev–Trinajstić information content (AvgIpc) is 3.25. The summed E-state index contributed by atoms with van der Waals surface area (Å²) in [6.45, 7) is -0.0256. The van der Waals surface area contributed by atoms with E-state index in [0.29, 0.717) is 26.0 Å². The van der Waals surface area contributed by atoms with Crippen LogP contribution >= 0.6 is 45.9 Å². The number of anilines is 2. The lowest BCUT2D eigenvalue weighted by atomic mass is 9.94. The van der Waals surface area contributed by atoms with Crippen LogP contribution in [0.4, 0.5) is 11.4 Å². The third-order valence-corrected chi connectivity index (χ3v) is 10.8. The van der Waals surface area contributed by atoms with Crippen LogP contribution in [0.3, 0.4) is 0 Å². The Kier molecular flexibility index (Phi) is 7.10. The van der Waals surface area contributed by atoms with Crippen molar-refractivity contribution in [3.8, 4) is 0 Å². The molecule has 5 rings (SSSR count). The van der Waals surface area contributed by atoms with Gasteiger partial charge in [-0.1, -0.05) is 23.2 Å². The molecule has 33 heavy (non-hydrogen) atoms. The maximum Gasteiger partial charge on any atom is 0.275 e. The lowest BCUT2D eigenvalue weighted by molar-refractivity contribution is 0.307. The number of aliphatic hydroxyl groups is 1. The number of hydrogen-bond donors (Lipinski definition) is 5. The van der Waals surface area contributed by atoms with Crippen molar-refractivity contribution in [2.45, 2.75) is 33.7 Å². The predicted molar refractivity (Wildman–Crippen MR) is 131 cm³/mol. The molecule has 11 nitrogen and oxygen atoms in total. The molecule has 1 saturated carbocycles. The Morgan fingerprint density at radius 1 is 0.939 bits per heavy atom. The molecule has 0 saturated heterocycles. The van der Waals surface area contributed by atoms with Gasteiger partial charge in [0, 0.05) is 0 Å². The molecule has 0 amide bonds. The van der Waals surface area contributed by atoms with Gasteiger partial charge in [-0.15, -0.1) is 22.7 Å². The molecular formula is C16H18Cl2N6O5S4. The molecule has 2 aliphatic heterocycles. The van der Waals surface area contributed by atoms with E-state index in [0.717, 1.165) is 41.9 Å². The van der Waals surface area contributed by atoms with E-state index in [1.54, 1.807) is 6.07 Å². The highest BCUT2D eigenvalue weighted by atomic mass is 35.5. The molecule has 1 aliphatic carbocycles. The van der Waals surface area contributed by atoms with Crippen LogP contribution in [0.15, 0.2) is 30.5 Å². The van der Waals surface area contributed by atoms with E-state index in [1.165, 1.54) is 6.07 Å². The van der Waals surface area contributed by atoms with Gasteiger partial charge < -0.3 is 15.7 Å². The summed E-state index contributed by atoms with van der Waals surface area (Å²) in [6.07, 6.45) is 3.19. The van der Waals surface area contributed by atoms with E-state index in [2.05, 4.69) is 30.1 Å². The summed E-state index contributed by atoms with van der Waals surface area (Å²) in [4.78, 5) is 8.15. The predicted octanol–water partition coefficient (Wildman–Crippen LogP) is 2.47. The number of thiophene rings is 2. The van der Waals surface area contributed by atoms with Crippen molar-refractivity contribution in [3.63, 3.8) is 0 Å². The van der Waals surface area contributed by atoms with Crippen molar-refractivity contribution in [3.05, 3.63) is 20.8 Å². The Labute approximate surface area is 208 Å². The summed E-state index contributed by atoms with van der Waals surface area (Å²) in [6, 6.07) is 3.36. The number of guanidine groups is 2. The number of rotatable bonds is 3. The maximum absolute atomic E-state index is 11.9. The van der Waals surface area contributed by atoms with E-state index < -0.39 is 20.0 Å². The fraction of sp³-hybridized carbons (Fsp3) is 0.375. The largest absolute Gasteiger partial charge is 0.394 e. The fourth-order valence-electron chi connectivity index (χ4n) is 2.91. The maximum atomic E-state index is 11.9. The number of nitrogens with one attached hydrogen (secondary N) is 4. The van der Waals surface area contributed by atoms with Crippen LogP contribution in [-0.4, -0.2) is 53.1 Å². The van der Waals surface area contributed by atoms with Crippen molar-refractivity contribution in [1.29, 1.82) is 0 Å². The monoisotopic (exact) mass is 572 g/mol. The lowest BCUT2D eigenvalue weighted by Gasteiger charge is -2.24. The summed E-state index contributed by atoms with van der Waals surface area (Å²) >= 11 is 13.6. The third kappa shape index (κ3) is 5.55. The Morgan fingerprint density at radius 2 is 1.45 bits per heavy atom. The van der Waals surface area contributed by atoms with Crippen LogP contribution < -0.4 is 20.1 Å². The fourth-order valence-corrected chi connectivity index (χ4v) is 8.39. The van der Waals surface area contributed by atoms with E-state index >= 15 is 0 Å². The summed E-state index contributed by atoms with van der Waals surface area (Å²) < 4.78 is 53.1. The SMILES string of the molecule is O=S1(=O)NC(=NC2CCC2)Nc2cc(Cl)sc21.O=S1(=O)NC(=NCCO)Nc2cc(Cl)sc21. The Balaban J connectivity index is 0.000000157. The molecule has 0 bridgehead atoms. The van der Waals surface area contributed by atoms with E-state index in [9.17, 15) is 16.8 Å². The van der Waals surface area contributed by atoms with Crippen molar-refractivity contribution in [1.82, 2.24) is 9.44 Å². The molecule has 180 valence electrons. The second-order valence-corrected chi connectivity index (χ2v) is 14.1. The Morgan fingerprint density at radius 3 is 1.94 bits per heavy atom. The van der Waals surface area contributed by atoms with E-state index in [4.69, 9.17) is 28.3 Å². The Hall–Kier alpha value is -1.62. The minimum Gasteiger partial charge on any atom is -0.394 e. The van der Waals surface area contributed by atoms with Gasteiger partial charge in [0.1, 0.15) is 0 Å². The number of halogens is 2. The molecule has 17 heteroatoms. The number of fused-ring (bicyclic) bond motifs is 2. The second kappa shape index (κ2) is 9.56. The average molecular weight is 574 g/mol. The van der Waals surface area contributed by atoms with Crippen molar-refractivity contribution >= 4 is 89.2 Å². The van der Waals surface area contributed by atoms with E-state index in [1.807, 2.05) is 0 Å². The second-order valence-electron chi connectivity index (χ2n) is 6.98. The van der Waals surface area contributed by atoms with Crippen molar-refractivity contribution < 1.29 is 21.9 Å². The smallest absolute Gasteiger partial charge is 0.275 e. The first kappa shape index (κ1) is 24.5. The van der Waals surface area contributed by atoms with Gasteiger partial charge in [-0.05, 0) is 31.4 Å². The third-order valence-electron chi connectivity index (χ3n) is 4.55. The minimum absolute atomic E-state index is 0.0935. The van der Waals surface area contributed by atoms with Gasteiger partial charge in [-0.2, -0.15) is 0 Å². The van der Waals surface area contributed by atoms with Gasteiger partial charge in [0.2, 0.25) is 11.9 Å². The number of nitrogens with zero attached hydrogens (tertiary/aromatic N) is 2. The Bertz CT molecular complexity index is 1330. The van der Waals surface area contributed by atoms with Gasteiger partial charge in [0.25, 0.3) is 20.0 Å². The van der Waals surface area contributed by atoms with Crippen LogP contribution in [0.1, 0.15) is 19.3 Å². The number of aliphatic hydroxyl groups excluding tert-OH is 1. The zero-order valence-corrected chi connectivity index (χ0v) is 21.4. The summed E-state index contributed by atoms with van der Waals surface area (Å²) in [5.41, 5.74) is 0.919. The number of sulfonamides is 2. The van der Waals surface area contributed by atoms with Crippen molar-refractivity contribution in [2.24, 2.45) is 9.98 Å². The topological polar surface area (TPSA) is 161 Å². The first-order chi connectivity index (χ1) is 15.6. The highest BCUT2D eigenvalue weighted by molar-refractivity contribution is 7.93. The molecule has 0 unspecified atom stereocenters. The quantitative estimate of drug-likeness (QED) is 0.377. The van der Waals surface area contributed by atoms with Gasteiger partial charge in [0.15, 0.2) is 8.42 Å². The van der Waals surface area contributed by atoms with Crippen LogP contribution in [0.5, 0.6) is 0 Å². The van der Waals surface area contributed by atoms with Crippen molar-refractivity contribution in [2.75, 3.05) is 23.8 Å². The number of hydrogen-bond acceptors (Lipinski definition) is 9. The number of aliphatic imine (C=N–C) groups is 2. The zero-order chi connectivity index (χ0) is 23.8. The van der Waals surface area contributed by atoms with E-state index in [-0.39, 0.29) is 33.6 Å². The molecular weight excluding hydrogens is 555 g/mol. The van der Waals surface area contributed by atoms with Gasteiger partial charge in [-0.3, -0.25) is 0 Å². The van der Waals surface area contributed by atoms with Crippen LogP contribution in [0.25, 0.3) is 0 Å². The van der Waals surface area contributed by atoms with Crippen LogP contribution in [0.2, 0.25) is 8.67 Å². The molecule has 4 heterocycles. The first-order valence-corrected chi connectivity index (χ1v) is 14.8. The molecule has 5 N–H and O–H groups in total. The van der Waals surface area contributed by atoms with Gasteiger partial charge >= 0.3 is 0 Å². The zero-order valence-electron chi connectivity index (χ0n) is 16.6. The molecule has 0 aromatic carbocycles. The standard InChI is InChI=1S/C9H10ClN3O2S2.C7H8ClN3O3S2/c10-7-4-6-8(16-7)17(14,15)13-9(12-6)11-5-2-1-3-5;8-5-3-4-6(15-5)16(13,14)11-7(10-4)9-1-2-12/h4-5H,1-3H2,(H2,11,12,13);3,12H,1-2H2,(H2,9,10,11). The summed E-state index contributed by atoms with van der Waals surface area (Å²) in [5.74, 6) is 0.396. The van der Waals surface area contributed by atoms with Crippen LogP contribution in [-0.2, 0) is 20.0 Å². The highest BCUT2D eigenvalue weighted by Gasteiger charge is 2.31. The molecule has 0 radical (unpaired) electrons. The molecule has 0 spiro atoms.